The highest BCUT2D eigenvalue weighted by atomic mass is 32.1. The lowest BCUT2D eigenvalue weighted by Crippen LogP contribution is -2.42. The highest BCUT2D eigenvalue weighted by Crippen LogP contribution is 2.22. The Morgan fingerprint density at radius 1 is 1.35 bits per heavy atom. The highest BCUT2D eigenvalue weighted by Gasteiger charge is 2.18. The lowest BCUT2D eigenvalue weighted by molar-refractivity contribution is -0.154. The minimum absolute atomic E-state index is 0.171. The first-order valence-corrected chi connectivity index (χ1v) is 7.91. The predicted octanol–water partition coefficient (Wildman–Crippen LogP) is 1.75. The van der Waals surface area contributed by atoms with Gasteiger partial charge in [-0.25, -0.2) is 9.78 Å². The standard InChI is InChI=1S/C15H17N3O4S/c1-9(14(20)18-15(16)21)22-13(19)8-4-7-12-17-10-5-2-3-6-11(10)23-12/h2-3,5-6,9H,4,7-8H2,1H3,(H3,16,18,20,21)/t9-/m1/s1. The van der Waals surface area contributed by atoms with E-state index in [1.54, 1.807) is 11.3 Å². The number of aromatic nitrogens is 1. The molecule has 1 aromatic carbocycles. The number of rotatable bonds is 6. The van der Waals surface area contributed by atoms with Gasteiger partial charge in [0.1, 0.15) is 0 Å². The molecule has 0 saturated heterocycles. The zero-order chi connectivity index (χ0) is 16.8. The second-order valence-electron chi connectivity index (χ2n) is 4.91. The molecular formula is C15H17N3O4S. The van der Waals surface area contributed by atoms with Gasteiger partial charge in [0.25, 0.3) is 5.91 Å². The molecule has 0 saturated carbocycles. The number of ether oxygens (including phenoxy) is 1. The lowest BCUT2D eigenvalue weighted by atomic mass is 10.2. The van der Waals surface area contributed by atoms with Crippen LogP contribution in [0.4, 0.5) is 4.79 Å². The fourth-order valence-electron chi connectivity index (χ4n) is 1.94. The molecule has 1 atom stereocenters. The van der Waals surface area contributed by atoms with Crippen molar-refractivity contribution in [1.29, 1.82) is 0 Å². The topological polar surface area (TPSA) is 111 Å². The van der Waals surface area contributed by atoms with E-state index in [0.717, 1.165) is 15.2 Å². The van der Waals surface area contributed by atoms with Crippen molar-refractivity contribution >= 4 is 39.5 Å². The fourth-order valence-corrected chi connectivity index (χ4v) is 2.95. The number of nitrogens with two attached hydrogens (primary N) is 1. The van der Waals surface area contributed by atoms with Crippen molar-refractivity contribution in [3.05, 3.63) is 29.3 Å². The van der Waals surface area contributed by atoms with Gasteiger partial charge in [0.05, 0.1) is 15.2 Å². The quantitative estimate of drug-likeness (QED) is 0.781. The van der Waals surface area contributed by atoms with Crippen molar-refractivity contribution < 1.29 is 19.1 Å². The van der Waals surface area contributed by atoms with Gasteiger partial charge in [0, 0.05) is 6.42 Å². The number of urea groups is 1. The second-order valence-corrected chi connectivity index (χ2v) is 6.03. The second kappa shape index (κ2) is 7.68. The largest absolute Gasteiger partial charge is 0.453 e. The Labute approximate surface area is 136 Å². The number of aryl methyl sites for hydroxylation is 1. The van der Waals surface area contributed by atoms with E-state index in [1.807, 2.05) is 29.6 Å². The summed E-state index contributed by atoms with van der Waals surface area (Å²) in [5, 5.41) is 2.82. The summed E-state index contributed by atoms with van der Waals surface area (Å²) in [6, 6.07) is 6.86. The zero-order valence-electron chi connectivity index (χ0n) is 12.6. The molecule has 8 heteroatoms. The van der Waals surface area contributed by atoms with Gasteiger partial charge >= 0.3 is 12.0 Å². The van der Waals surface area contributed by atoms with Crippen LogP contribution >= 0.6 is 11.3 Å². The first-order valence-electron chi connectivity index (χ1n) is 7.10. The molecule has 2 rings (SSSR count). The van der Waals surface area contributed by atoms with Crippen LogP contribution in [0.5, 0.6) is 0 Å². The van der Waals surface area contributed by atoms with Crippen LogP contribution in [0.15, 0.2) is 24.3 Å². The normalized spacial score (nSPS) is 11.9. The molecule has 122 valence electrons. The number of thiazole rings is 1. The molecule has 1 heterocycles. The molecule has 0 spiro atoms. The van der Waals surface area contributed by atoms with E-state index in [-0.39, 0.29) is 6.42 Å². The number of carbonyl (C=O) groups is 3. The van der Waals surface area contributed by atoms with Crippen LogP contribution < -0.4 is 11.1 Å². The first kappa shape index (κ1) is 16.9. The molecule has 2 aromatic rings. The number of primary amides is 1. The molecule has 0 aliphatic heterocycles. The monoisotopic (exact) mass is 335 g/mol. The third-order valence-corrected chi connectivity index (χ3v) is 4.13. The fraction of sp³-hybridized carbons (Fsp3) is 0.333. The Morgan fingerprint density at radius 2 is 2.09 bits per heavy atom. The van der Waals surface area contributed by atoms with Crippen molar-refractivity contribution in [1.82, 2.24) is 10.3 Å². The summed E-state index contributed by atoms with van der Waals surface area (Å²) < 4.78 is 6.05. The number of esters is 1. The maximum absolute atomic E-state index is 11.7. The summed E-state index contributed by atoms with van der Waals surface area (Å²) in [4.78, 5) is 38.1. The van der Waals surface area contributed by atoms with Gasteiger partial charge in [0.15, 0.2) is 6.10 Å². The Hall–Kier alpha value is -2.48. The molecule has 7 nitrogen and oxygen atoms in total. The highest BCUT2D eigenvalue weighted by molar-refractivity contribution is 7.18. The van der Waals surface area contributed by atoms with Crippen LogP contribution in [-0.4, -0.2) is 29.0 Å². The van der Waals surface area contributed by atoms with E-state index in [2.05, 4.69) is 4.98 Å². The van der Waals surface area contributed by atoms with Gasteiger partial charge in [-0.05, 0) is 31.9 Å². The molecule has 0 aliphatic rings. The number of fused-ring (bicyclic) bond motifs is 1. The van der Waals surface area contributed by atoms with Crippen LogP contribution in [0.1, 0.15) is 24.8 Å². The van der Waals surface area contributed by atoms with Gasteiger partial charge < -0.3 is 10.5 Å². The zero-order valence-corrected chi connectivity index (χ0v) is 13.4. The Bertz CT molecular complexity index is 695. The number of benzene rings is 1. The molecule has 3 N–H and O–H groups in total. The van der Waals surface area contributed by atoms with Crippen LogP contribution in [0.3, 0.4) is 0 Å². The van der Waals surface area contributed by atoms with Gasteiger partial charge in [-0.1, -0.05) is 12.1 Å². The van der Waals surface area contributed by atoms with Crippen LogP contribution in [0, 0.1) is 0 Å². The summed E-state index contributed by atoms with van der Waals surface area (Å²) in [6.45, 7) is 1.38. The van der Waals surface area contributed by atoms with E-state index >= 15 is 0 Å². The summed E-state index contributed by atoms with van der Waals surface area (Å²) >= 11 is 1.60. The molecule has 23 heavy (non-hydrogen) atoms. The van der Waals surface area contributed by atoms with Crippen molar-refractivity contribution in [2.45, 2.75) is 32.3 Å². The number of imide groups is 1. The molecule has 0 bridgehead atoms. The van der Waals surface area contributed by atoms with Gasteiger partial charge in [-0.2, -0.15) is 0 Å². The Kier molecular flexibility index (Phi) is 5.64. The third-order valence-electron chi connectivity index (χ3n) is 3.03. The SMILES string of the molecule is C[C@@H](OC(=O)CCCc1nc2ccccc2s1)C(=O)NC(N)=O. The van der Waals surface area contributed by atoms with Crippen LogP contribution in [0.2, 0.25) is 0 Å². The number of carbonyl (C=O) groups excluding carboxylic acids is 3. The maximum atomic E-state index is 11.7. The Balaban J connectivity index is 1.76. The molecule has 0 aliphatic carbocycles. The maximum Gasteiger partial charge on any atom is 0.318 e. The molecule has 0 fully saturated rings. The smallest absolute Gasteiger partial charge is 0.318 e. The van der Waals surface area contributed by atoms with E-state index < -0.39 is 24.0 Å². The van der Waals surface area contributed by atoms with Gasteiger partial charge in [-0.3, -0.25) is 14.9 Å². The minimum atomic E-state index is -1.06. The van der Waals surface area contributed by atoms with E-state index in [9.17, 15) is 14.4 Å². The lowest BCUT2D eigenvalue weighted by Gasteiger charge is -2.11. The average molecular weight is 335 g/mol. The van der Waals surface area contributed by atoms with Crippen molar-refractivity contribution in [2.24, 2.45) is 5.73 Å². The van der Waals surface area contributed by atoms with Gasteiger partial charge in [0.2, 0.25) is 0 Å². The summed E-state index contributed by atoms with van der Waals surface area (Å²) in [5.41, 5.74) is 5.77. The van der Waals surface area contributed by atoms with E-state index in [4.69, 9.17) is 10.5 Å². The minimum Gasteiger partial charge on any atom is -0.453 e. The van der Waals surface area contributed by atoms with Crippen molar-refractivity contribution in [3.63, 3.8) is 0 Å². The van der Waals surface area contributed by atoms with E-state index in [1.165, 1.54) is 6.92 Å². The third kappa shape index (κ3) is 5.03. The number of hydrogen-bond acceptors (Lipinski definition) is 6. The number of para-hydroxylation sites is 1. The summed E-state index contributed by atoms with van der Waals surface area (Å²) in [7, 11) is 0. The predicted molar refractivity (Wildman–Crippen MR) is 85.8 cm³/mol. The molecular weight excluding hydrogens is 318 g/mol. The van der Waals surface area contributed by atoms with Crippen LogP contribution in [0.25, 0.3) is 10.2 Å². The van der Waals surface area contributed by atoms with Crippen molar-refractivity contribution in [3.8, 4) is 0 Å². The van der Waals surface area contributed by atoms with Crippen molar-refractivity contribution in [2.75, 3.05) is 0 Å². The molecule has 1 aromatic heterocycles. The van der Waals surface area contributed by atoms with E-state index in [0.29, 0.717) is 12.8 Å². The molecule has 0 radical (unpaired) electrons. The number of nitrogens with one attached hydrogen (secondary N) is 1. The Morgan fingerprint density at radius 3 is 2.78 bits per heavy atom. The number of hydrogen-bond donors (Lipinski definition) is 2. The molecule has 0 unspecified atom stereocenters. The summed E-state index contributed by atoms with van der Waals surface area (Å²) in [5.74, 6) is -1.24. The summed E-state index contributed by atoms with van der Waals surface area (Å²) in [6.07, 6.45) is 0.348. The van der Waals surface area contributed by atoms with Gasteiger partial charge in [-0.15, -0.1) is 11.3 Å². The molecule has 3 amide bonds. The number of nitrogens with zero attached hydrogens (tertiary/aromatic N) is 1. The number of amides is 3. The van der Waals surface area contributed by atoms with Crippen LogP contribution in [-0.2, 0) is 20.7 Å². The average Bonchev–Trinajstić information content (AvgIpc) is 2.89. The first-order chi connectivity index (χ1) is 11.0.